The van der Waals surface area contributed by atoms with Crippen molar-refractivity contribution in [2.45, 2.75) is 45.1 Å². The van der Waals surface area contributed by atoms with E-state index in [1.807, 2.05) is 0 Å². The number of hydrogen-bond acceptors (Lipinski definition) is 2. The fourth-order valence-electron chi connectivity index (χ4n) is 2.25. The normalized spacial score (nSPS) is 31.8. The van der Waals surface area contributed by atoms with Crippen LogP contribution in [0.1, 0.15) is 39.5 Å². The van der Waals surface area contributed by atoms with E-state index >= 15 is 0 Å². The molecule has 2 atom stereocenters. The molecule has 0 aromatic rings. The molecule has 1 fully saturated rings. The zero-order valence-corrected chi connectivity index (χ0v) is 9.62. The third kappa shape index (κ3) is 4.04. The van der Waals surface area contributed by atoms with Gasteiger partial charge in [-0.05, 0) is 31.8 Å². The maximum Gasteiger partial charge on any atom is 0.243 e. The Labute approximate surface area is 91.6 Å². The summed E-state index contributed by atoms with van der Waals surface area (Å²) < 4.78 is 0. The first-order chi connectivity index (χ1) is 7.06. The second kappa shape index (κ2) is 5.31. The van der Waals surface area contributed by atoms with E-state index in [9.17, 15) is 9.90 Å². The molecule has 0 spiro atoms. The van der Waals surface area contributed by atoms with Crippen molar-refractivity contribution < 1.29 is 9.90 Å². The van der Waals surface area contributed by atoms with Gasteiger partial charge in [0.05, 0.1) is 5.60 Å². The van der Waals surface area contributed by atoms with Gasteiger partial charge in [-0.2, -0.15) is 0 Å². The second-order valence-corrected chi connectivity index (χ2v) is 4.64. The average molecular weight is 211 g/mol. The van der Waals surface area contributed by atoms with Gasteiger partial charge in [-0.25, -0.2) is 0 Å². The first-order valence-corrected chi connectivity index (χ1v) is 5.69. The van der Waals surface area contributed by atoms with Gasteiger partial charge < -0.3 is 10.4 Å². The van der Waals surface area contributed by atoms with Crippen LogP contribution in [0.2, 0.25) is 0 Å². The predicted molar refractivity (Wildman–Crippen MR) is 60.4 cm³/mol. The number of carbonyl (C=O) groups is 1. The van der Waals surface area contributed by atoms with Gasteiger partial charge in [0, 0.05) is 6.54 Å². The van der Waals surface area contributed by atoms with Gasteiger partial charge in [0.2, 0.25) is 5.91 Å². The Kier molecular flexibility index (Phi) is 4.33. The van der Waals surface area contributed by atoms with Gasteiger partial charge >= 0.3 is 0 Å². The Hall–Kier alpha value is -0.830. The van der Waals surface area contributed by atoms with Crippen LogP contribution >= 0.6 is 0 Å². The minimum absolute atomic E-state index is 0.121. The Morgan fingerprint density at radius 1 is 1.67 bits per heavy atom. The maximum absolute atomic E-state index is 11.2. The van der Waals surface area contributed by atoms with E-state index in [1.54, 1.807) is 13.0 Å². The zero-order chi connectivity index (χ0) is 11.3. The van der Waals surface area contributed by atoms with Crippen molar-refractivity contribution in [2.24, 2.45) is 5.92 Å². The minimum atomic E-state index is -0.686. The van der Waals surface area contributed by atoms with Gasteiger partial charge in [0.1, 0.15) is 0 Å². The highest BCUT2D eigenvalue weighted by Crippen LogP contribution is 2.31. The van der Waals surface area contributed by atoms with Crippen LogP contribution in [0.25, 0.3) is 0 Å². The summed E-state index contributed by atoms with van der Waals surface area (Å²) in [5, 5.41) is 13.0. The van der Waals surface area contributed by atoms with Crippen LogP contribution in [0.4, 0.5) is 0 Å². The molecule has 2 unspecified atom stereocenters. The number of nitrogens with one attached hydrogen (secondary N) is 1. The summed E-state index contributed by atoms with van der Waals surface area (Å²) in [6, 6.07) is 0. The van der Waals surface area contributed by atoms with Crippen LogP contribution in [0.15, 0.2) is 12.2 Å². The molecule has 2 N–H and O–H groups in total. The standard InChI is InChI=1S/C12H21NO2/c1-3-5-11(14)13-9-12(15)7-4-6-10(2)8-12/h3,5,10,15H,4,6-9H2,1-2H3,(H,13,14). The van der Waals surface area contributed by atoms with Crippen molar-refractivity contribution in [3.63, 3.8) is 0 Å². The van der Waals surface area contributed by atoms with E-state index in [-0.39, 0.29) is 5.91 Å². The van der Waals surface area contributed by atoms with Crippen molar-refractivity contribution in [1.82, 2.24) is 5.32 Å². The molecule has 3 heteroatoms. The number of rotatable bonds is 3. The van der Waals surface area contributed by atoms with E-state index in [2.05, 4.69) is 12.2 Å². The molecule has 0 radical (unpaired) electrons. The summed E-state index contributed by atoms with van der Waals surface area (Å²) in [6.45, 7) is 4.33. The van der Waals surface area contributed by atoms with Crippen LogP contribution in [-0.2, 0) is 4.79 Å². The largest absolute Gasteiger partial charge is 0.388 e. The monoisotopic (exact) mass is 211 g/mol. The van der Waals surface area contributed by atoms with Gasteiger partial charge in [-0.1, -0.05) is 25.8 Å². The van der Waals surface area contributed by atoms with Gasteiger partial charge in [-0.3, -0.25) is 4.79 Å². The minimum Gasteiger partial charge on any atom is -0.388 e. The molecule has 1 aliphatic carbocycles. The van der Waals surface area contributed by atoms with Crippen LogP contribution in [0.5, 0.6) is 0 Å². The van der Waals surface area contributed by atoms with E-state index in [0.29, 0.717) is 12.5 Å². The summed E-state index contributed by atoms with van der Waals surface area (Å²) >= 11 is 0. The molecule has 0 aliphatic heterocycles. The van der Waals surface area contributed by atoms with Crippen molar-refractivity contribution >= 4 is 5.91 Å². The third-order valence-corrected chi connectivity index (χ3v) is 2.98. The molecule has 1 saturated carbocycles. The number of aliphatic hydroxyl groups is 1. The Balaban J connectivity index is 2.38. The van der Waals surface area contributed by atoms with Crippen molar-refractivity contribution in [2.75, 3.05) is 6.54 Å². The number of amides is 1. The molecular weight excluding hydrogens is 190 g/mol. The van der Waals surface area contributed by atoms with Crippen molar-refractivity contribution in [1.29, 1.82) is 0 Å². The smallest absolute Gasteiger partial charge is 0.243 e. The Morgan fingerprint density at radius 2 is 2.40 bits per heavy atom. The fraction of sp³-hybridized carbons (Fsp3) is 0.750. The molecule has 0 bridgehead atoms. The SMILES string of the molecule is CC=CC(=O)NCC1(O)CCCC(C)C1. The first kappa shape index (κ1) is 12.2. The number of carbonyl (C=O) groups excluding carboxylic acids is 1. The summed E-state index contributed by atoms with van der Waals surface area (Å²) in [4.78, 5) is 11.2. The van der Waals surface area contributed by atoms with Crippen LogP contribution < -0.4 is 5.32 Å². The lowest BCUT2D eigenvalue weighted by Crippen LogP contribution is -2.45. The van der Waals surface area contributed by atoms with E-state index < -0.39 is 5.60 Å². The fourth-order valence-corrected chi connectivity index (χ4v) is 2.25. The summed E-state index contributed by atoms with van der Waals surface area (Å²) in [6.07, 6.45) is 7.01. The predicted octanol–water partition coefficient (Wildman–Crippen LogP) is 1.62. The van der Waals surface area contributed by atoms with Gasteiger partial charge in [-0.15, -0.1) is 0 Å². The highest BCUT2D eigenvalue weighted by molar-refractivity contribution is 5.87. The Morgan fingerprint density at radius 3 is 3.00 bits per heavy atom. The number of hydrogen-bond donors (Lipinski definition) is 2. The summed E-state index contributed by atoms with van der Waals surface area (Å²) in [7, 11) is 0. The first-order valence-electron chi connectivity index (χ1n) is 5.69. The van der Waals surface area contributed by atoms with Gasteiger partial charge in [0.25, 0.3) is 0 Å². The van der Waals surface area contributed by atoms with Crippen LogP contribution in [0, 0.1) is 5.92 Å². The van der Waals surface area contributed by atoms with Crippen LogP contribution in [-0.4, -0.2) is 23.2 Å². The topological polar surface area (TPSA) is 49.3 Å². The second-order valence-electron chi connectivity index (χ2n) is 4.64. The zero-order valence-electron chi connectivity index (χ0n) is 9.62. The average Bonchev–Trinajstić information content (AvgIpc) is 2.15. The molecule has 3 nitrogen and oxygen atoms in total. The summed E-state index contributed by atoms with van der Waals surface area (Å²) in [5.41, 5.74) is -0.686. The van der Waals surface area contributed by atoms with E-state index in [1.165, 1.54) is 12.5 Å². The molecule has 0 heterocycles. The molecule has 1 rings (SSSR count). The lowest BCUT2D eigenvalue weighted by atomic mass is 9.79. The maximum atomic E-state index is 11.2. The van der Waals surface area contributed by atoms with E-state index in [4.69, 9.17) is 0 Å². The molecule has 0 saturated heterocycles. The Bertz CT molecular complexity index is 250. The highest BCUT2D eigenvalue weighted by Gasteiger charge is 2.32. The van der Waals surface area contributed by atoms with Crippen molar-refractivity contribution in [3.8, 4) is 0 Å². The lowest BCUT2D eigenvalue weighted by Gasteiger charge is -2.35. The number of allylic oxidation sites excluding steroid dienone is 1. The molecule has 1 amide bonds. The van der Waals surface area contributed by atoms with Gasteiger partial charge in [0.15, 0.2) is 0 Å². The van der Waals surface area contributed by atoms with E-state index in [0.717, 1.165) is 19.3 Å². The summed E-state index contributed by atoms with van der Waals surface area (Å²) in [5.74, 6) is 0.437. The molecule has 15 heavy (non-hydrogen) atoms. The molecule has 1 aliphatic rings. The van der Waals surface area contributed by atoms with Crippen molar-refractivity contribution in [3.05, 3.63) is 12.2 Å². The molecule has 86 valence electrons. The van der Waals surface area contributed by atoms with Crippen LogP contribution in [0.3, 0.4) is 0 Å². The molecular formula is C12H21NO2. The molecule has 0 aromatic carbocycles. The lowest BCUT2D eigenvalue weighted by molar-refractivity contribution is -0.118. The molecule has 0 aromatic heterocycles. The third-order valence-electron chi connectivity index (χ3n) is 2.98. The highest BCUT2D eigenvalue weighted by atomic mass is 16.3. The quantitative estimate of drug-likeness (QED) is 0.697.